The van der Waals surface area contributed by atoms with Gasteiger partial charge in [-0.3, -0.25) is 0 Å². The molecule has 3 nitrogen and oxygen atoms in total. The zero-order chi connectivity index (χ0) is 13.8. The third-order valence-corrected chi connectivity index (χ3v) is 3.76. The minimum absolute atomic E-state index is 0.403. The molecular weight excluding hydrogens is 258 g/mol. The first-order valence-electron chi connectivity index (χ1n) is 7.06. The Balaban J connectivity index is 2.34. The molecule has 19 heavy (non-hydrogen) atoms. The van der Waals surface area contributed by atoms with Crippen molar-refractivity contribution < 1.29 is 0 Å². The molecule has 2 aromatic heterocycles. The lowest BCUT2D eigenvalue weighted by atomic mass is 10.1. The molecule has 4 heteroatoms. The van der Waals surface area contributed by atoms with Gasteiger partial charge in [-0.1, -0.05) is 26.2 Å². The van der Waals surface area contributed by atoms with Crippen LogP contribution in [0.25, 0.3) is 11.2 Å². The standard InChI is InChI=1S/C15H22ClN3/c1-4-5-6-7-12(3)19-14(9-16)18-13-8-11(2)10-17-15(13)19/h8,10,12H,4-7,9H2,1-3H3. The first-order valence-corrected chi connectivity index (χ1v) is 7.60. The van der Waals surface area contributed by atoms with Crippen LogP contribution in [0, 0.1) is 6.92 Å². The summed E-state index contributed by atoms with van der Waals surface area (Å²) in [4.78, 5) is 9.15. The summed E-state index contributed by atoms with van der Waals surface area (Å²) < 4.78 is 2.21. The van der Waals surface area contributed by atoms with Crippen LogP contribution in [0.15, 0.2) is 12.3 Å². The SMILES string of the molecule is CCCCCC(C)n1c(CCl)nc2cc(C)cnc21. The Morgan fingerprint density at radius 1 is 1.37 bits per heavy atom. The van der Waals surface area contributed by atoms with Crippen molar-refractivity contribution in [1.29, 1.82) is 0 Å². The van der Waals surface area contributed by atoms with Crippen molar-refractivity contribution in [2.45, 2.75) is 58.4 Å². The molecule has 0 spiro atoms. The summed E-state index contributed by atoms with van der Waals surface area (Å²) in [6, 6.07) is 2.48. The second kappa shape index (κ2) is 6.38. The first-order chi connectivity index (χ1) is 9.17. The van der Waals surface area contributed by atoms with E-state index in [0.717, 1.165) is 29.0 Å². The van der Waals surface area contributed by atoms with Crippen LogP contribution in [0.1, 0.15) is 57.0 Å². The average molecular weight is 280 g/mol. The number of rotatable bonds is 6. The lowest BCUT2D eigenvalue weighted by Crippen LogP contribution is -2.09. The highest BCUT2D eigenvalue weighted by atomic mass is 35.5. The topological polar surface area (TPSA) is 30.7 Å². The Labute approximate surface area is 120 Å². The summed E-state index contributed by atoms with van der Waals surface area (Å²) in [5, 5.41) is 0. The largest absolute Gasteiger partial charge is 0.309 e. The van der Waals surface area contributed by atoms with Crippen molar-refractivity contribution in [3.63, 3.8) is 0 Å². The highest BCUT2D eigenvalue weighted by Gasteiger charge is 2.16. The summed E-state index contributed by atoms with van der Waals surface area (Å²) in [7, 11) is 0. The fourth-order valence-electron chi connectivity index (χ4n) is 2.51. The summed E-state index contributed by atoms with van der Waals surface area (Å²) in [6.07, 6.45) is 6.82. The van der Waals surface area contributed by atoms with Crippen LogP contribution >= 0.6 is 11.6 Å². The van der Waals surface area contributed by atoms with Crippen LogP contribution in [-0.4, -0.2) is 14.5 Å². The maximum Gasteiger partial charge on any atom is 0.160 e. The van der Waals surface area contributed by atoms with E-state index in [2.05, 4.69) is 34.4 Å². The van der Waals surface area contributed by atoms with Crippen molar-refractivity contribution >= 4 is 22.8 Å². The Morgan fingerprint density at radius 3 is 2.84 bits per heavy atom. The summed E-state index contributed by atoms with van der Waals surface area (Å²) in [5.41, 5.74) is 3.06. The molecule has 2 aromatic rings. The van der Waals surface area contributed by atoms with E-state index in [1.165, 1.54) is 19.3 Å². The molecule has 0 saturated heterocycles. The molecule has 0 aliphatic rings. The van der Waals surface area contributed by atoms with Gasteiger partial charge in [-0.25, -0.2) is 9.97 Å². The van der Waals surface area contributed by atoms with Crippen molar-refractivity contribution in [2.75, 3.05) is 0 Å². The molecule has 0 aromatic carbocycles. The van der Waals surface area contributed by atoms with Crippen molar-refractivity contribution in [1.82, 2.24) is 14.5 Å². The van der Waals surface area contributed by atoms with Crippen molar-refractivity contribution in [3.05, 3.63) is 23.7 Å². The zero-order valence-corrected chi connectivity index (χ0v) is 12.7. The average Bonchev–Trinajstić information content (AvgIpc) is 2.76. The van der Waals surface area contributed by atoms with Crippen LogP contribution in [0.4, 0.5) is 0 Å². The van der Waals surface area contributed by atoms with E-state index in [9.17, 15) is 0 Å². The first kappa shape index (κ1) is 14.3. The van der Waals surface area contributed by atoms with Crippen LogP contribution in [0.3, 0.4) is 0 Å². The number of hydrogen-bond donors (Lipinski definition) is 0. The number of pyridine rings is 1. The number of imidazole rings is 1. The van der Waals surface area contributed by atoms with E-state index in [1.807, 2.05) is 13.1 Å². The molecule has 2 rings (SSSR count). The number of hydrogen-bond acceptors (Lipinski definition) is 2. The van der Waals surface area contributed by atoms with Gasteiger partial charge in [-0.05, 0) is 31.9 Å². The number of alkyl halides is 1. The Kier molecular flexibility index (Phi) is 4.81. The van der Waals surface area contributed by atoms with E-state index in [4.69, 9.17) is 11.6 Å². The second-order valence-electron chi connectivity index (χ2n) is 5.23. The highest BCUT2D eigenvalue weighted by molar-refractivity contribution is 6.16. The third-order valence-electron chi connectivity index (χ3n) is 3.53. The van der Waals surface area contributed by atoms with Gasteiger partial charge in [0.1, 0.15) is 11.3 Å². The minimum atomic E-state index is 0.403. The summed E-state index contributed by atoms with van der Waals surface area (Å²) in [5.74, 6) is 1.37. The summed E-state index contributed by atoms with van der Waals surface area (Å²) in [6.45, 7) is 6.50. The van der Waals surface area contributed by atoms with E-state index in [1.54, 1.807) is 0 Å². The molecule has 1 atom stereocenters. The maximum absolute atomic E-state index is 6.04. The monoisotopic (exact) mass is 279 g/mol. The second-order valence-corrected chi connectivity index (χ2v) is 5.50. The molecule has 0 aliphatic carbocycles. The van der Waals surface area contributed by atoms with Gasteiger partial charge in [-0.2, -0.15) is 0 Å². The molecule has 0 saturated carbocycles. The van der Waals surface area contributed by atoms with Gasteiger partial charge >= 0.3 is 0 Å². The molecule has 0 radical (unpaired) electrons. The molecule has 0 bridgehead atoms. The van der Waals surface area contributed by atoms with Crippen LogP contribution < -0.4 is 0 Å². The molecular formula is C15H22ClN3. The Hall–Kier alpha value is -1.09. The number of nitrogens with zero attached hydrogens (tertiary/aromatic N) is 3. The Morgan fingerprint density at radius 2 is 2.16 bits per heavy atom. The molecule has 0 fully saturated rings. The highest BCUT2D eigenvalue weighted by Crippen LogP contribution is 2.24. The molecule has 0 amide bonds. The summed E-state index contributed by atoms with van der Waals surface area (Å²) >= 11 is 6.04. The number of fused-ring (bicyclic) bond motifs is 1. The number of halogens is 1. The van der Waals surface area contributed by atoms with Gasteiger partial charge in [0.2, 0.25) is 0 Å². The van der Waals surface area contributed by atoms with Gasteiger partial charge in [0.15, 0.2) is 5.65 Å². The lowest BCUT2D eigenvalue weighted by molar-refractivity contribution is 0.475. The van der Waals surface area contributed by atoms with Crippen molar-refractivity contribution in [3.8, 4) is 0 Å². The van der Waals surface area contributed by atoms with Crippen LogP contribution in [0.5, 0.6) is 0 Å². The van der Waals surface area contributed by atoms with Crippen LogP contribution in [-0.2, 0) is 5.88 Å². The third kappa shape index (κ3) is 3.08. The smallest absolute Gasteiger partial charge is 0.160 e. The van der Waals surface area contributed by atoms with Crippen molar-refractivity contribution in [2.24, 2.45) is 0 Å². The normalized spacial score (nSPS) is 13.1. The van der Waals surface area contributed by atoms with E-state index < -0.39 is 0 Å². The van der Waals surface area contributed by atoms with Gasteiger partial charge in [0.25, 0.3) is 0 Å². The van der Waals surface area contributed by atoms with Crippen LogP contribution in [0.2, 0.25) is 0 Å². The minimum Gasteiger partial charge on any atom is -0.309 e. The molecule has 104 valence electrons. The van der Waals surface area contributed by atoms with Gasteiger partial charge in [-0.15, -0.1) is 11.6 Å². The molecule has 2 heterocycles. The predicted octanol–water partition coefficient (Wildman–Crippen LogP) is 4.62. The quantitative estimate of drug-likeness (QED) is 0.571. The number of aryl methyl sites for hydroxylation is 1. The van der Waals surface area contributed by atoms with E-state index >= 15 is 0 Å². The lowest BCUT2D eigenvalue weighted by Gasteiger charge is -2.16. The Bertz CT molecular complexity index is 548. The van der Waals surface area contributed by atoms with E-state index in [-0.39, 0.29) is 0 Å². The van der Waals surface area contributed by atoms with Gasteiger partial charge in [0.05, 0.1) is 5.88 Å². The fraction of sp³-hybridized carbons (Fsp3) is 0.600. The zero-order valence-electron chi connectivity index (χ0n) is 12.0. The fourth-order valence-corrected chi connectivity index (χ4v) is 2.69. The molecule has 0 aliphatic heterocycles. The predicted molar refractivity (Wildman–Crippen MR) is 80.7 cm³/mol. The molecule has 1 unspecified atom stereocenters. The number of unbranched alkanes of at least 4 members (excludes halogenated alkanes) is 2. The van der Waals surface area contributed by atoms with Gasteiger partial charge < -0.3 is 4.57 Å². The number of aromatic nitrogens is 3. The van der Waals surface area contributed by atoms with E-state index in [0.29, 0.717) is 11.9 Å². The maximum atomic E-state index is 6.04. The molecule has 0 N–H and O–H groups in total. The van der Waals surface area contributed by atoms with Gasteiger partial charge in [0, 0.05) is 12.2 Å².